The molecule has 194 valence electrons. The predicted molar refractivity (Wildman–Crippen MR) is 153 cm³/mol. The van der Waals surface area contributed by atoms with E-state index in [-0.39, 0.29) is 5.41 Å². The number of fused-ring (bicyclic) bond motifs is 1. The van der Waals surface area contributed by atoms with Gasteiger partial charge in [0.1, 0.15) is 24.7 Å². The van der Waals surface area contributed by atoms with Crippen molar-refractivity contribution in [3.63, 3.8) is 0 Å². The van der Waals surface area contributed by atoms with Gasteiger partial charge in [0, 0.05) is 0 Å². The molecule has 2 fully saturated rings. The summed E-state index contributed by atoms with van der Waals surface area (Å²) < 4.78 is 12.7. The van der Waals surface area contributed by atoms with Crippen molar-refractivity contribution in [3.05, 3.63) is 108 Å². The van der Waals surface area contributed by atoms with E-state index >= 15 is 0 Å². The summed E-state index contributed by atoms with van der Waals surface area (Å²) in [5.41, 5.74) is 5.67. The van der Waals surface area contributed by atoms with E-state index in [1.54, 1.807) is 0 Å². The highest BCUT2D eigenvalue weighted by Gasteiger charge is 2.52. The van der Waals surface area contributed by atoms with Crippen LogP contribution in [0.15, 0.2) is 91.0 Å². The first-order valence-electron chi connectivity index (χ1n) is 14.0. The fraction of sp³-hybridized carbons (Fsp3) is 0.429. The Morgan fingerprint density at radius 3 is 2.14 bits per heavy atom. The zero-order chi connectivity index (χ0) is 25.9. The van der Waals surface area contributed by atoms with Gasteiger partial charge in [-0.15, -0.1) is 0 Å². The number of hydrogen-bond donors (Lipinski definition) is 0. The number of hydrogen-bond acceptors (Lipinski definition) is 2. The number of allylic oxidation sites excluding steroid dienone is 1. The Labute approximate surface area is 223 Å². The maximum atomic E-state index is 6.44. The fourth-order valence-electron chi connectivity index (χ4n) is 7.29. The molecule has 2 saturated carbocycles. The molecule has 0 saturated heterocycles. The van der Waals surface area contributed by atoms with Crippen LogP contribution in [0.3, 0.4) is 0 Å². The molecular formula is C35H42O2. The Bertz CT molecular complexity index is 1200. The van der Waals surface area contributed by atoms with Gasteiger partial charge in [0.25, 0.3) is 0 Å². The van der Waals surface area contributed by atoms with Crippen molar-refractivity contribution in [2.24, 2.45) is 22.7 Å². The number of benzene rings is 3. The summed E-state index contributed by atoms with van der Waals surface area (Å²) in [7, 11) is 0. The molecule has 2 aliphatic carbocycles. The van der Waals surface area contributed by atoms with Crippen molar-refractivity contribution < 1.29 is 9.47 Å². The second-order valence-corrected chi connectivity index (χ2v) is 12.2. The molecule has 3 atom stereocenters. The van der Waals surface area contributed by atoms with Gasteiger partial charge in [0.2, 0.25) is 0 Å². The third kappa shape index (κ3) is 5.64. The normalized spacial score (nSPS) is 24.8. The summed E-state index contributed by atoms with van der Waals surface area (Å²) in [6, 6.07) is 27.2. The molecule has 0 N–H and O–H groups in total. The van der Waals surface area contributed by atoms with E-state index in [1.165, 1.54) is 47.9 Å². The quantitative estimate of drug-likeness (QED) is 0.291. The zero-order valence-electron chi connectivity index (χ0n) is 22.8. The molecule has 3 aromatic rings. The zero-order valence-corrected chi connectivity index (χ0v) is 22.8. The van der Waals surface area contributed by atoms with Crippen LogP contribution in [-0.2, 0) is 19.6 Å². The summed E-state index contributed by atoms with van der Waals surface area (Å²) in [5.74, 6) is 3.05. The summed E-state index contributed by atoms with van der Waals surface area (Å²) in [6.45, 7) is 13.3. The minimum absolute atomic E-state index is 0.273. The van der Waals surface area contributed by atoms with Crippen molar-refractivity contribution in [2.75, 3.05) is 0 Å². The monoisotopic (exact) mass is 494 g/mol. The molecule has 2 aliphatic rings. The molecular weight excluding hydrogens is 452 g/mol. The molecule has 37 heavy (non-hydrogen) atoms. The van der Waals surface area contributed by atoms with Crippen molar-refractivity contribution >= 4 is 0 Å². The Morgan fingerprint density at radius 2 is 1.46 bits per heavy atom. The lowest BCUT2D eigenvalue weighted by Gasteiger charge is -2.58. The highest BCUT2D eigenvalue weighted by Crippen LogP contribution is 2.61. The Morgan fingerprint density at radius 1 is 0.811 bits per heavy atom. The van der Waals surface area contributed by atoms with Crippen molar-refractivity contribution in [3.8, 4) is 11.5 Å². The molecule has 0 amide bonds. The van der Waals surface area contributed by atoms with Crippen LogP contribution in [0, 0.1) is 22.7 Å². The lowest BCUT2D eigenvalue weighted by atomic mass is 9.47. The summed E-state index contributed by atoms with van der Waals surface area (Å²) in [4.78, 5) is 0. The van der Waals surface area contributed by atoms with Crippen LogP contribution in [0.1, 0.15) is 69.6 Å². The molecule has 5 rings (SSSR count). The standard InChI is InChI=1S/C35H42O2/c1-26-16-19-33-34(2,3)20-11-21-35(33,4)31(26)23-29-22-30(36-24-27-12-7-5-8-13-27)17-18-32(29)37-25-28-14-9-6-10-15-28/h5-10,12-15,17-18,22,31,33H,1,11,16,19-21,23-25H2,2-4H3/t31-,33-,35+/m1/s1. The van der Waals surface area contributed by atoms with E-state index in [0.717, 1.165) is 30.3 Å². The highest BCUT2D eigenvalue weighted by atomic mass is 16.5. The number of ether oxygens (including phenoxy) is 2. The molecule has 2 heteroatoms. The minimum Gasteiger partial charge on any atom is -0.489 e. The van der Waals surface area contributed by atoms with Crippen LogP contribution >= 0.6 is 0 Å². The molecule has 2 nitrogen and oxygen atoms in total. The van der Waals surface area contributed by atoms with Crippen LogP contribution < -0.4 is 9.47 Å². The molecule has 0 spiro atoms. The Kier molecular flexibility index (Phi) is 7.47. The van der Waals surface area contributed by atoms with E-state index in [4.69, 9.17) is 9.47 Å². The van der Waals surface area contributed by atoms with Gasteiger partial charge in [-0.2, -0.15) is 0 Å². The van der Waals surface area contributed by atoms with E-state index < -0.39 is 0 Å². The van der Waals surface area contributed by atoms with Crippen LogP contribution in [-0.4, -0.2) is 0 Å². The molecule has 0 bridgehead atoms. The topological polar surface area (TPSA) is 18.5 Å². The Hall–Kier alpha value is -3.00. The lowest BCUT2D eigenvalue weighted by molar-refractivity contribution is -0.0518. The van der Waals surface area contributed by atoms with Crippen molar-refractivity contribution in [2.45, 2.75) is 72.5 Å². The van der Waals surface area contributed by atoms with E-state index in [9.17, 15) is 0 Å². The second kappa shape index (κ2) is 10.8. The van der Waals surface area contributed by atoms with E-state index in [2.05, 4.69) is 94.1 Å². The maximum absolute atomic E-state index is 6.44. The first-order valence-corrected chi connectivity index (χ1v) is 14.0. The minimum atomic E-state index is 0.273. The van der Waals surface area contributed by atoms with Gasteiger partial charge in [-0.25, -0.2) is 0 Å². The molecule has 0 aromatic heterocycles. The van der Waals surface area contributed by atoms with Gasteiger partial charge in [-0.3, -0.25) is 0 Å². The van der Waals surface area contributed by atoms with Crippen LogP contribution in [0.25, 0.3) is 0 Å². The van der Waals surface area contributed by atoms with Gasteiger partial charge in [-0.05, 0) is 89.7 Å². The average Bonchev–Trinajstić information content (AvgIpc) is 2.89. The third-order valence-corrected chi connectivity index (χ3v) is 9.26. The lowest BCUT2D eigenvalue weighted by Crippen LogP contribution is -2.50. The Balaban J connectivity index is 1.42. The van der Waals surface area contributed by atoms with Gasteiger partial charge in [0.15, 0.2) is 0 Å². The summed E-state index contributed by atoms with van der Waals surface area (Å²) in [6.07, 6.45) is 7.29. The second-order valence-electron chi connectivity index (χ2n) is 12.2. The third-order valence-electron chi connectivity index (χ3n) is 9.26. The SMILES string of the molecule is C=C1CC[C@@H]2C(C)(C)CCC[C@@]2(C)[C@@H]1Cc1cc(OCc2ccccc2)ccc1OCc1ccccc1. The van der Waals surface area contributed by atoms with Crippen molar-refractivity contribution in [1.29, 1.82) is 0 Å². The van der Waals surface area contributed by atoms with Gasteiger partial charge in [-0.1, -0.05) is 100 Å². The van der Waals surface area contributed by atoms with Crippen molar-refractivity contribution in [1.82, 2.24) is 0 Å². The fourth-order valence-corrected chi connectivity index (χ4v) is 7.29. The predicted octanol–water partition coefficient (Wildman–Crippen LogP) is 9.19. The van der Waals surface area contributed by atoms with E-state index in [0.29, 0.717) is 24.5 Å². The molecule has 0 heterocycles. The largest absolute Gasteiger partial charge is 0.489 e. The molecule has 0 unspecified atom stereocenters. The molecule has 3 aromatic carbocycles. The van der Waals surface area contributed by atoms with Crippen LogP contribution in [0.5, 0.6) is 11.5 Å². The van der Waals surface area contributed by atoms with E-state index in [1.807, 2.05) is 12.1 Å². The summed E-state index contributed by atoms with van der Waals surface area (Å²) >= 11 is 0. The van der Waals surface area contributed by atoms with Gasteiger partial charge >= 0.3 is 0 Å². The highest BCUT2D eigenvalue weighted by molar-refractivity contribution is 5.42. The first kappa shape index (κ1) is 25.6. The maximum Gasteiger partial charge on any atom is 0.123 e. The summed E-state index contributed by atoms with van der Waals surface area (Å²) in [5, 5.41) is 0. The first-order chi connectivity index (χ1) is 17.8. The van der Waals surface area contributed by atoms with Crippen LogP contribution in [0.2, 0.25) is 0 Å². The van der Waals surface area contributed by atoms with Gasteiger partial charge < -0.3 is 9.47 Å². The number of rotatable bonds is 8. The molecule has 0 aliphatic heterocycles. The van der Waals surface area contributed by atoms with Gasteiger partial charge in [0.05, 0.1) is 0 Å². The average molecular weight is 495 g/mol. The smallest absolute Gasteiger partial charge is 0.123 e. The molecule has 0 radical (unpaired) electrons. The van der Waals surface area contributed by atoms with Crippen LogP contribution in [0.4, 0.5) is 0 Å².